The molecule has 0 spiro atoms. The molecule has 1 atom stereocenters. The molecule has 1 aromatic carbocycles. The smallest absolute Gasteiger partial charge is 0.273 e. The largest absolute Gasteiger partial charge is 0.368 e. The summed E-state index contributed by atoms with van der Waals surface area (Å²) in [6.07, 6.45) is 0.829. The fourth-order valence-corrected chi connectivity index (χ4v) is 2.50. The Balaban J connectivity index is 2.34. The topological polar surface area (TPSA) is 72.1 Å². The van der Waals surface area contributed by atoms with Gasteiger partial charge < -0.3 is 10.6 Å². The minimum Gasteiger partial charge on any atom is -0.368 e. The minimum absolute atomic E-state index is 0.0512. The van der Waals surface area contributed by atoms with Gasteiger partial charge in [0.15, 0.2) is 0 Å². The Morgan fingerprint density at radius 3 is 2.65 bits per heavy atom. The van der Waals surface area contributed by atoms with Crippen LogP contribution >= 0.6 is 11.6 Å². The summed E-state index contributed by atoms with van der Waals surface area (Å²) in [5.41, 5.74) is 7.55. The Kier molecular flexibility index (Phi) is 5.55. The molecule has 0 aliphatic carbocycles. The average Bonchev–Trinajstić information content (AvgIpc) is 2.52. The number of amides is 1. The summed E-state index contributed by atoms with van der Waals surface area (Å²) in [4.78, 5) is 22.8. The molecule has 23 heavy (non-hydrogen) atoms. The van der Waals surface area contributed by atoms with Gasteiger partial charge in [-0.1, -0.05) is 36.7 Å². The molecule has 0 radical (unpaired) electrons. The number of hydrogen-bond acceptors (Lipinski definition) is 4. The molecule has 1 amide bonds. The molecule has 0 fully saturated rings. The highest BCUT2D eigenvalue weighted by Gasteiger charge is 2.23. The number of halogens is 1. The number of aromatic nitrogens is 2. The second kappa shape index (κ2) is 7.42. The highest BCUT2D eigenvalue weighted by atomic mass is 35.5. The van der Waals surface area contributed by atoms with Crippen LogP contribution in [0.5, 0.6) is 0 Å². The molecule has 122 valence electrons. The number of aryl methyl sites for hydroxylation is 1. The van der Waals surface area contributed by atoms with Crippen LogP contribution in [0.25, 0.3) is 0 Å². The van der Waals surface area contributed by atoms with Crippen molar-refractivity contribution in [1.82, 2.24) is 14.9 Å². The fraction of sp³-hybridized carbons (Fsp3) is 0.353. The first-order chi connectivity index (χ1) is 10.9. The zero-order valence-electron chi connectivity index (χ0n) is 13.6. The van der Waals surface area contributed by atoms with Gasteiger partial charge in [-0.2, -0.15) is 0 Å². The maximum Gasteiger partial charge on any atom is 0.273 e. The lowest BCUT2D eigenvalue weighted by molar-refractivity contribution is 0.0665. The first-order valence-electron chi connectivity index (χ1n) is 7.58. The molecule has 0 saturated heterocycles. The van der Waals surface area contributed by atoms with E-state index < -0.39 is 0 Å². The van der Waals surface area contributed by atoms with E-state index in [4.69, 9.17) is 17.3 Å². The molecule has 5 nitrogen and oxygen atoms in total. The van der Waals surface area contributed by atoms with Crippen LogP contribution in [0.1, 0.15) is 42.0 Å². The van der Waals surface area contributed by atoms with E-state index in [0.717, 1.165) is 12.0 Å². The molecule has 1 heterocycles. The van der Waals surface area contributed by atoms with Gasteiger partial charge in [-0.15, -0.1) is 0 Å². The maximum absolute atomic E-state index is 12.9. The van der Waals surface area contributed by atoms with Crippen LogP contribution in [-0.4, -0.2) is 26.8 Å². The van der Waals surface area contributed by atoms with Crippen LogP contribution in [0.15, 0.2) is 30.3 Å². The second-order valence-corrected chi connectivity index (χ2v) is 5.94. The van der Waals surface area contributed by atoms with Crippen molar-refractivity contribution >= 4 is 23.5 Å². The van der Waals surface area contributed by atoms with E-state index in [1.54, 1.807) is 17.9 Å². The van der Waals surface area contributed by atoms with Gasteiger partial charge in [0.25, 0.3) is 5.91 Å². The lowest BCUT2D eigenvalue weighted by atomic mass is 10.1. The second-order valence-electron chi connectivity index (χ2n) is 5.53. The minimum atomic E-state index is -0.170. The van der Waals surface area contributed by atoms with Crippen LogP contribution in [-0.2, 0) is 6.54 Å². The van der Waals surface area contributed by atoms with Crippen molar-refractivity contribution in [3.8, 4) is 0 Å². The van der Waals surface area contributed by atoms with Gasteiger partial charge >= 0.3 is 0 Å². The van der Waals surface area contributed by atoms with Gasteiger partial charge in [-0.05, 0) is 38.0 Å². The Morgan fingerprint density at radius 2 is 2.04 bits per heavy atom. The zero-order chi connectivity index (χ0) is 17.0. The molecular weight excluding hydrogens is 312 g/mol. The van der Waals surface area contributed by atoms with Gasteiger partial charge in [0.2, 0.25) is 5.95 Å². The van der Waals surface area contributed by atoms with E-state index in [2.05, 4.69) is 9.97 Å². The maximum atomic E-state index is 12.9. The standard InChI is InChI=1S/C17H21ClN4O/c1-4-12(3)22(10-13-7-5-6-8-14(13)18)16(23)15-9-11(2)20-17(19)21-15/h5-9,12H,4,10H2,1-3H3,(H2,19,20,21)/t12-/m1/s1. The number of anilines is 1. The van der Waals surface area contributed by atoms with Crippen molar-refractivity contribution in [3.63, 3.8) is 0 Å². The molecule has 0 unspecified atom stereocenters. The molecule has 2 N–H and O–H groups in total. The predicted octanol–water partition coefficient (Wildman–Crippen LogP) is 3.46. The molecule has 0 aliphatic heterocycles. The number of carbonyl (C=O) groups is 1. The molecule has 0 aliphatic rings. The van der Waals surface area contributed by atoms with Crippen LogP contribution in [0, 0.1) is 6.92 Å². The summed E-state index contributed by atoms with van der Waals surface area (Å²) in [7, 11) is 0. The molecule has 6 heteroatoms. The summed E-state index contributed by atoms with van der Waals surface area (Å²) >= 11 is 6.23. The highest BCUT2D eigenvalue weighted by molar-refractivity contribution is 6.31. The van der Waals surface area contributed by atoms with Crippen LogP contribution in [0.2, 0.25) is 5.02 Å². The molecule has 0 bridgehead atoms. The monoisotopic (exact) mass is 332 g/mol. The SMILES string of the molecule is CC[C@@H](C)N(Cc1ccccc1Cl)C(=O)c1cc(C)nc(N)n1. The van der Waals surface area contributed by atoms with Crippen molar-refractivity contribution in [1.29, 1.82) is 0 Å². The summed E-state index contributed by atoms with van der Waals surface area (Å²) < 4.78 is 0. The van der Waals surface area contributed by atoms with Crippen LogP contribution < -0.4 is 5.73 Å². The number of carbonyl (C=O) groups excluding carboxylic acids is 1. The zero-order valence-corrected chi connectivity index (χ0v) is 14.3. The third kappa shape index (κ3) is 4.20. The Hall–Kier alpha value is -2.14. The molecule has 2 rings (SSSR count). The lowest BCUT2D eigenvalue weighted by Gasteiger charge is -2.29. The summed E-state index contributed by atoms with van der Waals surface area (Å²) in [6, 6.07) is 9.23. The predicted molar refractivity (Wildman–Crippen MR) is 92.3 cm³/mol. The first kappa shape index (κ1) is 17.2. The lowest BCUT2D eigenvalue weighted by Crippen LogP contribution is -2.38. The fourth-order valence-electron chi connectivity index (χ4n) is 2.31. The molecule has 2 aromatic rings. The number of hydrogen-bond donors (Lipinski definition) is 1. The van der Waals surface area contributed by atoms with Crippen LogP contribution in [0.3, 0.4) is 0 Å². The first-order valence-corrected chi connectivity index (χ1v) is 7.95. The third-order valence-electron chi connectivity index (χ3n) is 3.77. The molecule has 0 saturated carbocycles. The number of nitrogen functional groups attached to an aromatic ring is 1. The van der Waals surface area contributed by atoms with Crippen molar-refractivity contribution in [2.75, 3.05) is 5.73 Å². The van der Waals surface area contributed by atoms with Crippen molar-refractivity contribution in [3.05, 3.63) is 52.3 Å². The van der Waals surface area contributed by atoms with Gasteiger partial charge in [-0.3, -0.25) is 4.79 Å². The third-order valence-corrected chi connectivity index (χ3v) is 4.14. The van der Waals surface area contributed by atoms with Gasteiger partial charge in [-0.25, -0.2) is 9.97 Å². The van der Waals surface area contributed by atoms with E-state index >= 15 is 0 Å². The van der Waals surface area contributed by atoms with Crippen molar-refractivity contribution < 1.29 is 4.79 Å². The van der Waals surface area contributed by atoms with E-state index in [9.17, 15) is 4.79 Å². The Labute approximate surface area is 141 Å². The Bertz CT molecular complexity index is 684. The highest BCUT2D eigenvalue weighted by Crippen LogP contribution is 2.20. The van der Waals surface area contributed by atoms with E-state index in [0.29, 0.717) is 23.0 Å². The number of nitrogens with zero attached hydrogens (tertiary/aromatic N) is 3. The Morgan fingerprint density at radius 1 is 1.35 bits per heavy atom. The summed E-state index contributed by atoms with van der Waals surface area (Å²) in [6.45, 7) is 6.26. The van der Waals surface area contributed by atoms with E-state index in [-0.39, 0.29) is 17.9 Å². The summed E-state index contributed by atoms with van der Waals surface area (Å²) in [5, 5.41) is 0.645. The van der Waals surface area contributed by atoms with E-state index in [1.807, 2.05) is 38.1 Å². The van der Waals surface area contributed by atoms with Gasteiger partial charge in [0.1, 0.15) is 5.69 Å². The number of rotatable bonds is 5. The van der Waals surface area contributed by atoms with Gasteiger partial charge in [0, 0.05) is 23.3 Å². The quantitative estimate of drug-likeness (QED) is 0.910. The normalized spacial score (nSPS) is 12.0. The summed E-state index contributed by atoms with van der Waals surface area (Å²) in [5.74, 6) is -0.0633. The van der Waals surface area contributed by atoms with Crippen molar-refractivity contribution in [2.45, 2.75) is 39.8 Å². The average molecular weight is 333 g/mol. The number of benzene rings is 1. The van der Waals surface area contributed by atoms with Crippen LogP contribution in [0.4, 0.5) is 5.95 Å². The number of nitrogens with two attached hydrogens (primary N) is 1. The molecule has 1 aromatic heterocycles. The van der Waals surface area contributed by atoms with Gasteiger partial charge in [0.05, 0.1) is 0 Å². The molecular formula is C17H21ClN4O. The van der Waals surface area contributed by atoms with E-state index in [1.165, 1.54) is 0 Å². The van der Waals surface area contributed by atoms with Crippen molar-refractivity contribution in [2.24, 2.45) is 0 Å².